The van der Waals surface area contributed by atoms with Gasteiger partial charge >= 0.3 is 0 Å². The zero-order valence-electron chi connectivity index (χ0n) is 16.2. The number of amides is 2. The highest BCUT2D eigenvalue weighted by Gasteiger charge is 2.19. The number of hydrogen-bond donors (Lipinski definition) is 1. The zero-order valence-corrected chi connectivity index (χ0v) is 16.2. The predicted octanol–water partition coefficient (Wildman–Crippen LogP) is 3.90. The lowest BCUT2D eigenvalue weighted by atomic mass is 10.1. The fourth-order valence-corrected chi connectivity index (χ4v) is 2.96. The highest BCUT2D eigenvalue weighted by atomic mass is 16.2. The number of nitrogens with one attached hydrogen (secondary N) is 1. The molecule has 3 rings (SSSR count). The Balaban J connectivity index is 1.69. The molecular weight excluding hydrogens is 350 g/mol. The van der Waals surface area contributed by atoms with Crippen LogP contribution in [0.1, 0.15) is 42.1 Å². The molecule has 2 aromatic rings. The van der Waals surface area contributed by atoms with Crippen LogP contribution in [0.4, 0.5) is 11.4 Å². The molecule has 0 aliphatic carbocycles. The second-order valence-electron chi connectivity index (χ2n) is 6.64. The normalized spacial score (nSPS) is 14.3. The number of benzene rings is 2. The molecule has 1 fully saturated rings. The minimum Gasteiger partial charge on any atom is -0.322 e. The van der Waals surface area contributed by atoms with Crippen LogP contribution in [0.5, 0.6) is 0 Å². The average Bonchev–Trinajstić information content (AvgIpc) is 2.73. The van der Waals surface area contributed by atoms with Crippen LogP contribution in [0, 0.1) is 11.8 Å². The second kappa shape index (κ2) is 9.01. The first kappa shape index (κ1) is 19.4. The van der Waals surface area contributed by atoms with Crippen molar-refractivity contribution in [3.05, 3.63) is 59.7 Å². The third kappa shape index (κ3) is 4.86. The van der Waals surface area contributed by atoms with Crippen LogP contribution in [0.15, 0.2) is 53.5 Å². The molecular formula is C23H23N3O2. The van der Waals surface area contributed by atoms with Crippen LogP contribution < -0.4 is 10.2 Å². The largest absolute Gasteiger partial charge is 0.322 e. The molecule has 28 heavy (non-hydrogen) atoms. The molecule has 1 aliphatic heterocycles. The van der Waals surface area contributed by atoms with Gasteiger partial charge in [-0.15, -0.1) is 0 Å². The lowest BCUT2D eigenvalue weighted by Crippen LogP contribution is -2.35. The SMILES string of the molecule is C/N=C(\C)C#Cc1cccc(C(=O)Nc2ccc(N3CCCCC3=O)cc2)c1. The van der Waals surface area contributed by atoms with Crippen LogP contribution in [0.25, 0.3) is 0 Å². The number of carbonyl (C=O) groups excluding carboxylic acids is 2. The van der Waals surface area contributed by atoms with E-state index in [-0.39, 0.29) is 11.8 Å². The van der Waals surface area contributed by atoms with Gasteiger partial charge in [0.05, 0.1) is 5.71 Å². The monoisotopic (exact) mass is 373 g/mol. The van der Waals surface area contributed by atoms with Crippen molar-refractivity contribution < 1.29 is 9.59 Å². The Morgan fingerprint density at radius 3 is 2.64 bits per heavy atom. The summed E-state index contributed by atoms with van der Waals surface area (Å²) in [7, 11) is 1.69. The fraction of sp³-hybridized carbons (Fsp3) is 0.261. The molecule has 0 aromatic heterocycles. The van der Waals surface area contributed by atoms with Gasteiger partial charge in [0.25, 0.3) is 5.91 Å². The van der Waals surface area contributed by atoms with Crippen molar-refractivity contribution in [1.82, 2.24) is 0 Å². The molecule has 142 valence electrons. The van der Waals surface area contributed by atoms with Gasteiger partial charge in [-0.3, -0.25) is 14.6 Å². The van der Waals surface area contributed by atoms with E-state index in [9.17, 15) is 9.59 Å². The molecule has 2 amide bonds. The highest BCUT2D eigenvalue weighted by molar-refractivity contribution is 6.05. The molecule has 2 aromatic carbocycles. The van der Waals surface area contributed by atoms with Gasteiger partial charge in [0.15, 0.2) is 0 Å². The third-order valence-electron chi connectivity index (χ3n) is 4.61. The number of hydrogen-bond acceptors (Lipinski definition) is 3. The van der Waals surface area contributed by atoms with Crippen molar-refractivity contribution in [3.63, 3.8) is 0 Å². The van der Waals surface area contributed by atoms with Crippen LogP contribution in [-0.4, -0.2) is 31.1 Å². The molecule has 0 spiro atoms. The maximum atomic E-state index is 12.6. The first-order valence-corrected chi connectivity index (χ1v) is 9.34. The van der Waals surface area contributed by atoms with Crippen LogP contribution in [0.2, 0.25) is 0 Å². The molecule has 0 atom stereocenters. The summed E-state index contributed by atoms with van der Waals surface area (Å²) >= 11 is 0. The number of nitrogens with zero attached hydrogens (tertiary/aromatic N) is 2. The van der Waals surface area contributed by atoms with Gasteiger partial charge in [0.1, 0.15) is 0 Å². The summed E-state index contributed by atoms with van der Waals surface area (Å²) in [5, 5.41) is 2.89. The molecule has 1 N–H and O–H groups in total. The Kier molecular flexibility index (Phi) is 6.23. The number of aliphatic imine (C=N–C) groups is 1. The maximum absolute atomic E-state index is 12.6. The highest BCUT2D eigenvalue weighted by Crippen LogP contribution is 2.23. The molecule has 1 saturated heterocycles. The Bertz CT molecular complexity index is 965. The minimum absolute atomic E-state index is 0.157. The van der Waals surface area contributed by atoms with E-state index in [2.05, 4.69) is 22.2 Å². The summed E-state index contributed by atoms with van der Waals surface area (Å²) in [4.78, 5) is 30.4. The van der Waals surface area contributed by atoms with E-state index in [1.54, 1.807) is 24.1 Å². The Morgan fingerprint density at radius 2 is 1.93 bits per heavy atom. The van der Waals surface area contributed by atoms with Gasteiger partial charge < -0.3 is 10.2 Å². The topological polar surface area (TPSA) is 61.8 Å². The summed E-state index contributed by atoms with van der Waals surface area (Å²) in [6.07, 6.45) is 2.58. The summed E-state index contributed by atoms with van der Waals surface area (Å²) in [5.74, 6) is 5.90. The van der Waals surface area contributed by atoms with Crippen LogP contribution >= 0.6 is 0 Å². The minimum atomic E-state index is -0.202. The standard InChI is InChI=1S/C23H23N3O2/c1-17(24-2)9-10-18-6-5-7-19(16-18)23(28)25-20-11-13-21(14-12-20)26-15-4-3-8-22(26)27/h5-7,11-14,16H,3-4,8,15H2,1-2H3,(H,25,28)/b24-17+. The number of rotatable bonds is 3. The number of anilines is 2. The summed E-state index contributed by atoms with van der Waals surface area (Å²) in [6, 6.07) is 14.6. The van der Waals surface area contributed by atoms with E-state index in [1.807, 2.05) is 43.3 Å². The van der Waals surface area contributed by atoms with Gasteiger partial charge in [-0.25, -0.2) is 0 Å². The molecule has 0 bridgehead atoms. The summed E-state index contributed by atoms with van der Waals surface area (Å²) < 4.78 is 0. The Labute approximate surface area is 165 Å². The lowest BCUT2D eigenvalue weighted by Gasteiger charge is -2.26. The molecule has 1 heterocycles. The lowest BCUT2D eigenvalue weighted by molar-refractivity contribution is -0.119. The van der Waals surface area contributed by atoms with Crippen molar-refractivity contribution in [2.75, 3.05) is 23.8 Å². The van der Waals surface area contributed by atoms with Gasteiger partial charge in [0.2, 0.25) is 5.91 Å². The van der Waals surface area contributed by atoms with E-state index in [4.69, 9.17) is 0 Å². The van der Waals surface area contributed by atoms with Crippen LogP contribution in [0.3, 0.4) is 0 Å². The average molecular weight is 373 g/mol. The van der Waals surface area contributed by atoms with E-state index in [1.165, 1.54) is 0 Å². The first-order valence-electron chi connectivity index (χ1n) is 9.34. The molecule has 5 nitrogen and oxygen atoms in total. The van der Waals surface area contributed by atoms with E-state index < -0.39 is 0 Å². The van der Waals surface area contributed by atoms with Gasteiger partial charge in [0, 0.05) is 42.5 Å². The van der Waals surface area contributed by atoms with Crippen molar-refractivity contribution in [3.8, 4) is 11.8 Å². The smallest absolute Gasteiger partial charge is 0.255 e. The molecule has 0 unspecified atom stereocenters. The van der Waals surface area contributed by atoms with Crippen molar-refractivity contribution >= 4 is 28.9 Å². The van der Waals surface area contributed by atoms with Gasteiger partial charge in [-0.05, 0) is 68.2 Å². The first-order chi connectivity index (χ1) is 13.6. The summed E-state index contributed by atoms with van der Waals surface area (Å²) in [5.41, 5.74) is 3.58. The fourth-order valence-electron chi connectivity index (χ4n) is 2.96. The predicted molar refractivity (Wildman–Crippen MR) is 113 cm³/mol. The van der Waals surface area contributed by atoms with Crippen LogP contribution in [-0.2, 0) is 4.79 Å². The number of piperidine rings is 1. The van der Waals surface area contributed by atoms with Crippen molar-refractivity contribution in [2.45, 2.75) is 26.2 Å². The Morgan fingerprint density at radius 1 is 1.14 bits per heavy atom. The van der Waals surface area contributed by atoms with Crippen molar-refractivity contribution in [1.29, 1.82) is 0 Å². The van der Waals surface area contributed by atoms with E-state index >= 15 is 0 Å². The van der Waals surface area contributed by atoms with Gasteiger partial charge in [-0.2, -0.15) is 0 Å². The molecule has 0 saturated carbocycles. The molecule has 0 radical (unpaired) electrons. The third-order valence-corrected chi connectivity index (χ3v) is 4.61. The molecule has 1 aliphatic rings. The van der Waals surface area contributed by atoms with E-state index in [0.717, 1.165) is 36.3 Å². The second-order valence-corrected chi connectivity index (χ2v) is 6.64. The van der Waals surface area contributed by atoms with Crippen molar-refractivity contribution in [2.24, 2.45) is 4.99 Å². The maximum Gasteiger partial charge on any atom is 0.255 e. The number of carbonyl (C=O) groups is 2. The molecule has 5 heteroatoms. The van der Waals surface area contributed by atoms with Gasteiger partial charge in [-0.1, -0.05) is 12.0 Å². The zero-order chi connectivity index (χ0) is 19.9. The quantitative estimate of drug-likeness (QED) is 0.655. The summed E-state index contributed by atoms with van der Waals surface area (Å²) in [6.45, 7) is 2.59. The Hall–Kier alpha value is -3.39. The van der Waals surface area contributed by atoms with E-state index in [0.29, 0.717) is 17.7 Å².